The molecule has 7 rings (SSSR count). The van der Waals surface area contributed by atoms with Gasteiger partial charge in [-0.1, -0.05) is 0 Å². The summed E-state index contributed by atoms with van der Waals surface area (Å²) in [5.41, 5.74) is 1.55. The monoisotopic (exact) mass is 557 g/mol. The van der Waals surface area contributed by atoms with E-state index in [0.29, 0.717) is 47.9 Å². The van der Waals surface area contributed by atoms with Gasteiger partial charge in [0, 0.05) is 68.9 Å². The van der Waals surface area contributed by atoms with Crippen molar-refractivity contribution in [3.63, 3.8) is 0 Å². The first-order valence-electron chi connectivity index (χ1n) is 13.9. The number of nitrogens with zero attached hydrogens (tertiary/aromatic N) is 7. The van der Waals surface area contributed by atoms with Crippen LogP contribution >= 0.6 is 0 Å². The highest BCUT2D eigenvalue weighted by Crippen LogP contribution is 2.40. The summed E-state index contributed by atoms with van der Waals surface area (Å²) in [6, 6.07) is 6.05. The van der Waals surface area contributed by atoms with Crippen LogP contribution in [-0.2, 0) is 11.2 Å². The second kappa shape index (κ2) is 9.57. The van der Waals surface area contributed by atoms with E-state index in [4.69, 9.17) is 4.99 Å². The minimum Gasteiger partial charge on any atom is -0.345 e. The zero-order chi connectivity index (χ0) is 28.4. The maximum atomic E-state index is 13.5. The fourth-order valence-electron chi connectivity index (χ4n) is 5.77. The third-order valence-electron chi connectivity index (χ3n) is 8.24. The number of hydrogen-bond acceptors (Lipinski definition) is 7. The Bertz CT molecular complexity index is 1720. The summed E-state index contributed by atoms with van der Waals surface area (Å²) in [5, 5.41) is 0. The molecule has 3 aromatic rings. The summed E-state index contributed by atoms with van der Waals surface area (Å²) in [6.07, 6.45) is 6.87. The first-order chi connectivity index (χ1) is 19.8. The van der Waals surface area contributed by atoms with Gasteiger partial charge in [-0.25, -0.2) is 19.8 Å². The summed E-state index contributed by atoms with van der Waals surface area (Å²) in [4.78, 5) is 68.2. The standard InChI is InChI=1S/C29H28FN7O4/c1-34-14-16(10-25(34)38)15-35(27(39)18-2-8-23(30)31-13-18)24-9-3-17(12-32-24)22-11-21-26(33-22)36(19-4-5-19)29(41)37(28(21)40)20-6-7-20/h2-3,8-9,12-13,16,19-20H,4-7,10-11,14-15H2,1H3. The highest BCUT2D eigenvalue weighted by Gasteiger charge is 2.37. The summed E-state index contributed by atoms with van der Waals surface area (Å²) in [7, 11) is 1.73. The first-order valence-corrected chi connectivity index (χ1v) is 13.9. The molecule has 0 aromatic carbocycles. The summed E-state index contributed by atoms with van der Waals surface area (Å²) in [5.74, 6) is -0.347. The van der Waals surface area contributed by atoms with E-state index in [2.05, 4.69) is 9.97 Å². The molecule has 1 saturated heterocycles. The largest absolute Gasteiger partial charge is 0.345 e. The van der Waals surface area contributed by atoms with Gasteiger partial charge in [0.25, 0.3) is 11.5 Å². The van der Waals surface area contributed by atoms with E-state index in [1.165, 1.54) is 21.7 Å². The maximum Gasteiger partial charge on any atom is 0.333 e. The molecule has 2 amide bonds. The molecule has 0 N–H and O–H groups in total. The van der Waals surface area contributed by atoms with E-state index >= 15 is 0 Å². The molecule has 2 aliphatic heterocycles. The van der Waals surface area contributed by atoms with Gasteiger partial charge in [0.1, 0.15) is 11.6 Å². The molecule has 210 valence electrons. The number of halogens is 1. The van der Waals surface area contributed by atoms with Gasteiger partial charge in [-0.15, -0.1) is 0 Å². The number of aliphatic imine (C=N–C) groups is 1. The van der Waals surface area contributed by atoms with Crippen LogP contribution in [0.1, 0.15) is 65.7 Å². The third kappa shape index (κ3) is 4.56. The highest BCUT2D eigenvalue weighted by molar-refractivity contribution is 6.07. The van der Waals surface area contributed by atoms with Crippen LogP contribution in [0, 0.1) is 11.9 Å². The Morgan fingerprint density at radius 3 is 2.37 bits per heavy atom. The zero-order valence-corrected chi connectivity index (χ0v) is 22.5. The lowest BCUT2D eigenvalue weighted by atomic mass is 10.1. The van der Waals surface area contributed by atoms with Crippen molar-refractivity contribution in [2.75, 3.05) is 25.0 Å². The van der Waals surface area contributed by atoms with Crippen molar-refractivity contribution in [2.45, 2.75) is 50.6 Å². The van der Waals surface area contributed by atoms with Crippen LogP contribution in [0.15, 0.2) is 51.2 Å². The van der Waals surface area contributed by atoms with E-state index < -0.39 is 11.9 Å². The number of carbonyl (C=O) groups is 2. The number of anilines is 1. The second-order valence-electron chi connectivity index (χ2n) is 11.4. The van der Waals surface area contributed by atoms with Crippen molar-refractivity contribution in [1.29, 1.82) is 0 Å². The highest BCUT2D eigenvalue weighted by atomic mass is 19.1. The van der Waals surface area contributed by atoms with Crippen molar-refractivity contribution in [3.05, 3.63) is 80.1 Å². The van der Waals surface area contributed by atoms with Crippen molar-refractivity contribution in [1.82, 2.24) is 24.0 Å². The number of aromatic nitrogens is 4. The molecule has 3 aromatic heterocycles. The van der Waals surface area contributed by atoms with Crippen molar-refractivity contribution in [2.24, 2.45) is 10.9 Å². The molecule has 1 unspecified atom stereocenters. The van der Waals surface area contributed by atoms with Gasteiger partial charge in [-0.05, 0) is 49.9 Å². The van der Waals surface area contributed by atoms with Crippen LogP contribution in [-0.4, -0.2) is 61.7 Å². The number of amides is 2. The van der Waals surface area contributed by atoms with Crippen LogP contribution in [0.2, 0.25) is 0 Å². The van der Waals surface area contributed by atoms with Crippen LogP contribution < -0.4 is 16.1 Å². The van der Waals surface area contributed by atoms with Gasteiger partial charge in [0.15, 0.2) is 0 Å². The summed E-state index contributed by atoms with van der Waals surface area (Å²) < 4.78 is 16.5. The lowest BCUT2D eigenvalue weighted by Gasteiger charge is -2.25. The molecular formula is C29H28FN7O4. The van der Waals surface area contributed by atoms with E-state index in [0.717, 1.165) is 31.7 Å². The smallest absolute Gasteiger partial charge is 0.333 e. The van der Waals surface area contributed by atoms with Crippen LogP contribution in [0.5, 0.6) is 0 Å². The Balaban J connectivity index is 1.20. The predicted octanol–water partition coefficient (Wildman–Crippen LogP) is 2.41. The Kier molecular flexibility index (Phi) is 5.95. The van der Waals surface area contributed by atoms with E-state index in [1.54, 1.807) is 34.8 Å². The van der Waals surface area contributed by atoms with E-state index in [-0.39, 0.29) is 47.3 Å². The Hall–Kier alpha value is -4.48. The van der Waals surface area contributed by atoms with Crippen LogP contribution in [0.3, 0.4) is 0 Å². The Morgan fingerprint density at radius 1 is 1.00 bits per heavy atom. The molecule has 4 aliphatic rings. The van der Waals surface area contributed by atoms with Gasteiger partial charge >= 0.3 is 5.69 Å². The third-order valence-corrected chi connectivity index (χ3v) is 8.24. The molecule has 0 radical (unpaired) electrons. The number of rotatable bonds is 7. The predicted molar refractivity (Wildman–Crippen MR) is 147 cm³/mol. The van der Waals surface area contributed by atoms with Crippen molar-refractivity contribution in [3.8, 4) is 0 Å². The van der Waals surface area contributed by atoms with Gasteiger partial charge in [0.2, 0.25) is 11.9 Å². The molecule has 1 atom stereocenters. The maximum absolute atomic E-state index is 13.5. The zero-order valence-electron chi connectivity index (χ0n) is 22.5. The number of fused-ring (bicyclic) bond motifs is 1. The minimum absolute atomic E-state index is 0.0124. The second-order valence-corrected chi connectivity index (χ2v) is 11.4. The van der Waals surface area contributed by atoms with Crippen LogP contribution in [0.25, 0.3) is 0 Å². The molecule has 0 spiro atoms. The number of likely N-dealkylation sites (tertiary alicyclic amines) is 1. The average molecular weight is 558 g/mol. The molecule has 12 heteroatoms. The minimum atomic E-state index is -0.687. The molecule has 3 fully saturated rings. The van der Waals surface area contributed by atoms with Gasteiger partial charge in [0.05, 0.1) is 16.8 Å². The summed E-state index contributed by atoms with van der Waals surface area (Å²) in [6.45, 7) is 0.762. The number of pyridine rings is 2. The Labute approximate surface area is 234 Å². The van der Waals surface area contributed by atoms with Crippen molar-refractivity contribution < 1.29 is 14.0 Å². The van der Waals surface area contributed by atoms with E-state index in [9.17, 15) is 23.6 Å². The molecular weight excluding hydrogens is 529 g/mol. The summed E-state index contributed by atoms with van der Waals surface area (Å²) >= 11 is 0. The molecule has 2 aliphatic carbocycles. The molecule has 5 heterocycles. The van der Waals surface area contributed by atoms with E-state index in [1.807, 2.05) is 0 Å². The number of carbonyl (C=O) groups excluding carboxylic acids is 2. The fraction of sp³-hybridized carbons (Fsp3) is 0.414. The van der Waals surface area contributed by atoms with Crippen LogP contribution in [0.4, 0.5) is 16.0 Å². The van der Waals surface area contributed by atoms with Gasteiger partial charge in [-0.3, -0.25) is 28.4 Å². The van der Waals surface area contributed by atoms with Gasteiger partial charge in [-0.2, -0.15) is 4.39 Å². The van der Waals surface area contributed by atoms with Crippen molar-refractivity contribution >= 4 is 29.2 Å². The molecule has 0 bridgehead atoms. The molecule has 2 saturated carbocycles. The lowest BCUT2D eigenvalue weighted by molar-refractivity contribution is -0.126. The Morgan fingerprint density at radius 2 is 1.76 bits per heavy atom. The number of hydrogen-bond donors (Lipinski definition) is 0. The first kappa shape index (κ1) is 25.5. The topological polar surface area (TPSA) is 123 Å². The lowest BCUT2D eigenvalue weighted by Crippen LogP contribution is -2.40. The molecule has 41 heavy (non-hydrogen) atoms. The quantitative estimate of drug-likeness (QED) is 0.411. The fourth-order valence-corrected chi connectivity index (χ4v) is 5.77. The van der Waals surface area contributed by atoms with Gasteiger partial charge < -0.3 is 4.90 Å². The SMILES string of the molecule is CN1CC(CN(C(=O)c2ccc(F)nc2)c2ccc(C3=Nc4c(c(=O)n(C5CC5)c(=O)n4C4CC4)C3)cn2)CC1=O. The average Bonchev–Trinajstić information content (AvgIpc) is 3.89. The normalized spacial score (nSPS) is 19.9. The molecule has 11 nitrogen and oxygen atoms in total.